The number of ether oxygens (including phenoxy) is 1. The van der Waals surface area contributed by atoms with E-state index in [2.05, 4.69) is 11.5 Å². The highest BCUT2D eigenvalue weighted by molar-refractivity contribution is 4.66. The van der Waals surface area contributed by atoms with Crippen LogP contribution in [0.2, 0.25) is 0 Å². The molecule has 0 amide bonds. The first kappa shape index (κ1) is 9.75. The molecule has 1 heterocycles. The maximum Gasteiger partial charge on any atom is 0.0645 e. The largest absolute Gasteiger partial charge is 0.376 e. The Morgan fingerprint density at radius 1 is 1.25 bits per heavy atom. The van der Waals surface area contributed by atoms with E-state index in [-0.39, 0.29) is 0 Å². The molecule has 0 radical (unpaired) electrons. The zero-order valence-corrected chi connectivity index (χ0v) is 7.80. The van der Waals surface area contributed by atoms with Gasteiger partial charge in [0.15, 0.2) is 0 Å². The van der Waals surface area contributed by atoms with Crippen LogP contribution in [0, 0.1) is 0 Å². The highest BCUT2D eigenvalue weighted by Gasteiger charge is 2.08. The number of rotatable bonds is 5. The van der Waals surface area contributed by atoms with Gasteiger partial charge in [-0.1, -0.05) is 12.5 Å². The summed E-state index contributed by atoms with van der Waals surface area (Å²) in [5, 5.41) is 0. The van der Waals surface area contributed by atoms with Crippen LogP contribution >= 0.6 is 0 Å². The molecule has 12 heavy (non-hydrogen) atoms. The van der Waals surface area contributed by atoms with Gasteiger partial charge < -0.3 is 9.64 Å². The second-order valence-electron chi connectivity index (χ2n) is 3.27. The first-order valence-corrected chi connectivity index (χ1v) is 4.84. The van der Waals surface area contributed by atoms with Crippen LogP contribution < -0.4 is 0 Å². The molecule has 0 aliphatic carbocycles. The predicted octanol–water partition coefficient (Wildman–Crippen LogP) is 1.67. The van der Waals surface area contributed by atoms with Gasteiger partial charge in [0.25, 0.3) is 0 Å². The molecule has 1 aliphatic heterocycles. The van der Waals surface area contributed by atoms with E-state index >= 15 is 0 Å². The molecule has 0 aromatic heterocycles. The summed E-state index contributed by atoms with van der Waals surface area (Å²) >= 11 is 0. The second-order valence-corrected chi connectivity index (χ2v) is 3.27. The maximum absolute atomic E-state index is 5.33. The number of hydrogen-bond acceptors (Lipinski definition) is 2. The minimum absolute atomic E-state index is 0.688. The van der Waals surface area contributed by atoms with Gasteiger partial charge in [0, 0.05) is 6.54 Å². The van der Waals surface area contributed by atoms with Gasteiger partial charge in [-0.2, -0.15) is 0 Å². The van der Waals surface area contributed by atoms with Crippen LogP contribution in [-0.4, -0.2) is 37.7 Å². The Hall–Kier alpha value is -0.340. The summed E-state index contributed by atoms with van der Waals surface area (Å²) in [6.07, 6.45) is 5.93. The van der Waals surface area contributed by atoms with E-state index < -0.39 is 0 Å². The molecule has 0 aromatic carbocycles. The lowest BCUT2D eigenvalue weighted by Gasteiger charge is -2.25. The summed E-state index contributed by atoms with van der Waals surface area (Å²) in [7, 11) is 0. The lowest BCUT2D eigenvalue weighted by atomic mass is 10.1. The van der Waals surface area contributed by atoms with E-state index in [0.29, 0.717) is 6.61 Å². The SMILES string of the molecule is C=CCOCCN1CCCCC1. The molecule has 2 heteroatoms. The fourth-order valence-electron chi connectivity index (χ4n) is 1.54. The van der Waals surface area contributed by atoms with Crippen LogP contribution in [0.4, 0.5) is 0 Å². The highest BCUT2D eigenvalue weighted by atomic mass is 16.5. The fraction of sp³-hybridized carbons (Fsp3) is 0.800. The summed E-state index contributed by atoms with van der Waals surface area (Å²) < 4.78 is 5.33. The van der Waals surface area contributed by atoms with Crippen LogP contribution in [0.25, 0.3) is 0 Å². The van der Waals surface area contributed by atoms with Gasteiger partial charge in [-0.25, -0.2) is 0 Å². The van der Waals surface area contributed by atoms with E-state index in [9.17, 15) is 0 Å². The van der Waals surface area contributed by atoms with Crippen molar-refractivity contribution in [3.8, 4) is 0 Å². The van der Waals surface area contributed by atoms with Crippen molar-refractivity contribution in [3.05, 3.63) is 12.7 Å². The summed E-state index contributed by atoms with van der Waals surface area (Å²) in [6.45, 7) is 8.76. The van der Waals surface area contributed by atoms with Crippen molar-refractivity contribution in [3.63, 3.8) is 0 Å². The lowest BCUT2D eigenvalue weighted by Crippen LogP contribution is -2.32. The van der Waals surface area contributed by atoms with Crippen LogP contribution in [0.1, 0.15) is 19.3 Å². The van der Waals surface area contributed by atoms with Crippen molar-refractivity contribution in [2.45, 2.75) is 19.3 Å². The number of hydrogen-bond donors (Lipinski definition) is 0. The van der Waals surface area contributed by atoms with E-state index in [1.807, 2.05) is 0 Å². The third-order valence-corrected chi connectivity index (χ3v) is 2.24. The molecule has 1 fully saturated rings. The Morgan fingerprint density at radius 2 is 2.00 bits per heavy atom. The lowest BCUT2D eigenvalue weighted by molar-refractivity contribution is 0.114. The standard InChI is InChI=1S/C10H19NO/c1-2-9-12-10-8-11-6-4-3-5-7-11/h2H,1,3-10H2. The zero-order valence-electron chi connectivity index (χ0n) is 7.80. The molecule has 1 rings (SSSR count). The molecule has 0 bridgehead atoms. The van der Waals surface area contributed by atoms with E-state index in [1.54, 1.807) is 6.08 Å². The molecular weight excluding hydrogens is 150 g/mol. The molecule has 0 saturated carbocycles. The van der Waals surface area contributed by atoms with Gasteiger partial charge in [-0.15, -0.1) is 6.58 Å². The topological polar surface area (TPSA) is 12.5 Å². The van der Waals surface area contributed by atoms with Crippen LogP contribution in [0.5, 0.6) is 0 Å². The summed E-state index contributed by atoms with van der Waals surface area (Å²) in [5.41, 5.74) is 0. The minimum atomic E-state index is 0.688. The van der Waals surface area contributed by atoms with Crippen molar-refractivity contribution < 1.29 is 4.74 Å². The monoisotopic (exact) mass is 169 g/mol. The van der Waals surface area contributed by atoms with Crippen molar-refractivity contribution in [1.29, 1.82) is 0 Å². The first-order chi connectivity index (χ1) is 5.93. The Kier molecular flexibility index (Phi) is 5.04. The normalized spacial score (nSPS) is 19.3. The smallest absolute Gasteiger partial charge is 0.0645 e. The van der Waals surface area contributed by atoms with Crippen molar-refractivity contribution >= 4 is 0 Å². The van der Waals surface area contributed by atoms with Crippen LogP contribution in [0.15, 0.2) is 12.7 Å². The molecule has 0 spiro atoms. The first-order valence-electron chi connectivity index (χ1n) is 4.84. The van der Waals surface area contributed by atoms with Gasteiger partial charge in [0.1, 0.15) is 0 Å². The molecule has 2 nitrogen and oxygen atoms in total. The second kappa shape index (κ2) is 6.21. The average molecular weight is 169 g/mol. The predicted molar refractivity (Wildman–Crippen MR) is 51.3 cm³/mol. The summed E-state index contributed by atoms with van der Waals surface area (Å²) in [5.74, 6) is 0. The van der Waals surface area contributed by atoms with Crippen molar-refractivity contribution in [2.75, 3.05) is 32.8 Å². The quantitative estimate of drug-likeness (QED) is 0.458. The van der Waals surface area contributed by atoms with E-state index in [0.717, 1.165) is 13.2 Å². The fourth-order valence-corrected chi connectivity index (χ4v) is 1.54. The van der Waals surface area contributed by atoms with E-state index in [4.69, 9.17) is 4.74 Å². The maximum atomic E-state index is 5.33. The van der Waals surface area contributed by atoms with Crippen molar-refractivity contribution in [2.24, 2.45) is 0 Å². The van der Waals surface area contributed by atoms with E-state index in [1.165, 1.54) is 32.4 Å². The Labute approximate surface area is 75.2 Å². The number of piperidine rings is 1. The number of likely N-dealkylation sites (tertiary alicyclic amines) is 1. The summed E-state index contributed by atoms with van der Waals surface area (Å²) in [4.78, 5) is 2.48. The van der Waals surface area contributed by atoms with Crippen molar-refractivity contribution in [1.82, 2.24) is 4.90 Å². The molecule has 1 aliphatic rings. The minimum Gasteiger partial charge on any atom is -0.376 e. The van der Waals surface area contributed by atoms with Gasteiger partial charge in [-0.3, -0.25) is 0 Å². The Morgan fingerprint density at radius 3 is 2.67 bits per heavy atom. The van der Waals surface area contributed by atoms with Crippen LogP contribution in [0.3, 0.4) is 0 Å². The molecule has 70 valence electrons. The Bertz CT molecular complexity index is 119. The van der Waals surface area contributed by atoms with Gasteiger partial charge in [0.2, 0.25) is 0 Å². The molecule has 0 N–H and O–H groups in total. The highest BCUT2D eigenvalue weighted by Crippen LogP contribution is 2.07. The zero-order chi connectivity index (χ0) is 8.65. The summed E-state index contributed by atoms with van der Waals surface area (Å²) in [6, 6.07) is 0. The molecular formula is C10H19NO. The molecule has 1 saturated heterocycles. The van der Waals surface area contributed by atoms with Gasteiger partial charge in [0.05, 0.1) is 13.2 Å². The third kappa shape index (κ3) is 3.88. The van der Waals surface area contributed by atoms with Gasteiger partial charge >= 0.3 is 0 Å². The van der Waals surface area contributed by atoms with Gasteiger partial charge in [-0.05, 0) is 25.9 Å². The van der Waals surface area contributed by atoms with Crippen LogP contribution in [-0.2, 0) is 4.74 Å². The molecule has 0 atom stereocenters. The molecule has 0 aromatic rings. The third-order valence-electron chi connectivity index (χ3n) is 2.24. The molecule has 0 unspecified atom stereocenters. The Balaban J connectivity index is 1.94. The average Bonchev–Trinajstić information content (AvgIpc) is 2.14. The number of nitrogens with zero attached hydrogens (tertiary/aromatic N) is 1.